The molecule has 0 amide bonds. The van der Waals surface area contributed by atoms with Gasteiger partial charge in [0.2, 0.25) is 0 Å². The number of rotatable bonds is 3. The molecule has 66 heavy (non-hydrogen) atoms. The standard InChI is InChI=1S/C66H48/c1-65(2,3)44-31-41-25-24-39-26-29-48-50-35-53-54(36-51(50)52-34-43(32-44)57(41)60(39)62(48)52)58(37-16-9-7-10-17-37)63-49-22-15-21-47-45-28-27-40(46-20-13-14-23-56(46)66(4,5)6)30-42(45)33-55(61(47)49)64(63)59(53)38-18-11-8-12-19-38/h7-36H,1-6H3. The summed E-state index contributed by atoms with van der Waals surface area (Å²) in [5.41, 5.74) is 10.5. The zero-order valence-electron chi connectivity index (χ0n) is 38.3. The lowest BCUT2D eigenvalue weighted by atomic mass is 9.81. The van der Waals surface area contributed by atoms with Gasteiger partial charge < -0.3 is 0 Å². The maximum Gasteiger partial charge on any atom is -0.000719 e. The summed E-state index contributed by atoms with van der Waals surface area (Å²) in [7, 11) is 0. The summed E-state index contributed by atoms with van der Waals surface area (Å²) >= 11 is 0. The smallest absolute Gasteiger partial charge is 0.000719 e. The van der Waals surface area contributed by atoms with Crippen LogP contribution in [0.25, 0.3) is 141 Å². The molecule has 0 fully saturated rings. The largest absolute Gasteiger partial charge is 0.0622 e. The molecule has 0 heteroatoms. The molecule has 14 rings (SSSR count). The van der Waals surface area contributed by atoms with Crippen molar-refractivity contribution < 1.29 is 0 Å². The van der Waals surface area contributed by atoms with Crippen LogP contribution < -0.4 is 0 Å². The van der Waals surface area contributed by atoms with Gasteiger partial charge in [0, 0.05) is 0 Å². The molecule has 0 bridgehead atoms. The van der Waals surface area contributed by atoms with Crippen molar-refractivity contribution >= 4 is 108 Å². The first kappa shape index (κ1) is 37.8. The lowest BCUT2D eigenvalue weighted by Crippen LogP contribution is -2.12. The maximum absolute atomic E-state index is 2.58. The fraction of sp³-hybridized carbons (Fsp3) is 0.121. The second-order valence-corrected chi connectivity index (χ2v) is 21.2. The highest BCUT2D eigenvalue weighted by atomic mass is 14.3. The lowest BCUT2D eigenvalue weighted by Gasteiger charge is -2.23. The van der Waals surface area contributed by atoms with Crippen molar-refractivity contribution in [3.8, 4) is 33.4 Å². The van der Waals surface area contributed by atoms with E-state index in [0.29, 0.717) is 0 Å². The first-order valence-corrected chi connectivity index (χ1v) is 23.7. The van der Waals surface area contributed by atoms with Crippen LogP contribution >= 0.6 is 0 Å². The van der Waals surface area contributed by atoms with E-state index >= 15 is 0 Å². The van der Waals surface area contributed by atoms with Crippen LogP contribution in [-0.4, -0.2) is 0 Å². The average Bonchev–Trinajstić information content (AvgIpc) is 3.82. The summed E-state index contributed by atoms with van der Waals surface area (Å²) in [6, 6.07) is 70.2. The summed E-state index contributed by atoms with van der Waals surface area (Å²) in [4.78, 5) is 0. The Morgan fingerprint density at radius 1 is 0.258 bits per heavy atom. The summed E-state index contributed by atoms with van der Waals surface area (Å²) in [6.45, 7) is 14.0. The molecule has 0 heterocycles. The molecule has 0 N–H and O–H groups in total. The Bertz CT molecular complexity index is 4310. The van der Waals surface area contributed by atoms with Gasteiger partial charge in [0.25, 0.3) is 0 Å². The van der Waals surface area contributed by atoms with E-state index in [-0.39, 0.29) is 10.8 Å². The molecule has 0 aromatic heterocycles. The van der Waals surface area contributed by atoms with Crippen molar-refractivity contribution in [1.29, 1.82) is 0 Å². The molecule has 0 atom stereocenters. The van der Waals surface area contributed by atoms with Gasteiger partial charge in [-0.2, -0.15) is 0 Å². The minimum absolute atomic E-state index is 0.0183. The Kier molecular flexibility index (Phi) is 7.48. The van der Waals surface area contributed by atoms with E-state index in [1.54, 1.807) is 0 Å². The molecular weight excluding hydrogens is 793 g/mol. The predicted molar refractivity (Wildman–Crippen MR) is 289 cm³/mol. The summed E-state index contributed by atoms with van der Waals surface area (Å²) < 4.78 is 0. The highest BCUT2D eigenvalue weighted by Gasteiger charge is 2.27. The highest BCUT2D eigenvalue weighted by molar-refractivity contribution is 6.45. The van der Waals surface area contributed by atoms with Crippen LogP contribution in [0.4, 0.5) is 0 Å². The van der Waals surface area contributed by atoms with E-state index in [0.717, 1.165) is 0 Å². The molecule has 0 saturated carbocycles. The van der Waals surface area contributed by atoms with Gasteiger partial charge in [-0.25, -0.2) is 0 Å². The van der Waals surface area contributed by atoms with E-state index in [4.69, 9.17) is 0 Å². The van der Waals surface area contributed by atoms with E-state index in [1.165, 1.54) is 152 Å². The Hall–Kier alpha value is -7.54. The Morgan fingerprint density at radius 3 is 1.55 bits per heavy atom. The van der Waals surface area contributed by atoms with Crippen molar-refractivity contribution in [2.24, 2.45) is 0 Å². The third kappa shape index (κ3) is 5.10. The summed E-state index contributed by atoms with van der Waals surface area (Å²) in [6.07, 6.45) is 0. The molecule has 0 saturated heterocycles. The highest BCUT2D eigenvalue weighted by Crippen LogP contribution is 2.55. The number of fused-ring (bicyclic) bond motifs is 9. The Morgan fingerprint density at radius 2 is 0.833 bits per heavy atom. The topological polar surface area (TPSA) is 0 Å². The minimum Gasteiger partial charge on any atom is -0.0622 e. The van der Waals surface area contributed by atoms with Gasteiger partial charge in [-0.3, -0.25) is 0 Å². The second kappa shape index (κ2) is 13.1. The van der Waals surface area contributed by atoms with Gasteiger partial charge in [-0.05, 0) is 193 Å². The van der Waals surface area contributed by atoms with Crippen LogP contribution in [0.15, 0.2) is 182 Å². The summed E-state index contributed by atoms with van der Waals surface area (Å²) in [5, 5.41) is 26.6. The normalized spacial score (nSPS) is 13.0. The van der Waals surface area contributed by atoms with Crippen LogP contribution in [0.3, 0.4) is 0 Å². The average molecular weight is 841 g/mol. The molecule has 14 aromatic rings. The van der Waals surface area contributed by atoms with Crippen molar-refractivity contribution in [1.82, 2.24) is 0 Å². The van der Waals surface area contributed by atoms with Crippen molar-refractivity contribution in [3.63, 3.8) is 0 Å². The van der Waals surface area contributed by atoms with Crippen molar-refractivity contribution in [2.45, 2.75) is 52.4 Å². The number of hydrogen-bond acceptors (Lipinski definition) is 0. The van der Waals surface area contributed by atoms with Crippen molar-refractivity contribution in [2.75, 3.05) is 0 Å². The van der Waals surface area contributed by atoms with Gasteiger partial charge in [-0.15, -0.1) is 0 Å². The molecule has 0 aliphatic rings. The molecule has 0 radical (unpaired) electrons. The van der Waals surface area contributed by atoms with Crippen molar-refractivity contribution in [3.05, 3.63) is 193 Å². The molecule has 0 aliphatic carbocycles. The zero-order valence-corrected chi connectivity index (χ0v) is 38.3. The first-order chi connectivity index (χ1) is 32.0. The van der Waals surface area contributed by atoms with E-state index in [2.05, 4.69) is 224 Å². The molecular formula is C66H48. The SMILES string of the molecule is CC(C)(C)c1cc2ccc3ccc4c5cc6c(-c7ccccc7)c7c8cc9cc(-c%10ccccc%10C(C)(C)C)ccc9c9cccc(c7c(-c7ccccc7)c6cc5c5cc(c1)c2c3c45)c98. The van der Waals surface area contributed by atoms with Gasteiger partial charge in [0.05, 0.1) is 0 Å². The van der Waals surface area contributed by atoms with Gasteiger partial charge in [0.15, 0.2) is 0 Å². The van der Waals surface area contributed by atoms with Crippen LogP contribution in [0.5, 0.6) is 0 Å². The third-order valence-electron chi connectivity index (χ3n) is 15.3. The molecule has 14 aromatic carbocycles. The molecule has 0 spiro atoms. The third-order valence-corrected chi connectivity index (χ3v) is 15.3. The zero-order chi connectivity index (χ0) is 44.4. The molecule has 0 aliphatic heterocycles. The maximum atomic E-state index is 2.58. The van der Waals surface area contributed by atoms with E-state index < -0.39 is 0 Å². The number of benzene rings is 12. The van der Waals surface area contributed by atoms with Crippen LogP contribution in [0.1, 0.15) is 52.7 Å². The van der Waals surface area contributed by atoms with E-state index in [9.17, 15) is 0 Å². The predicted octanol–water partition coefficient (Wildman–Crippen LogP) is 19.1. The second-order valence-electron chi connectivity index (χ2n) is 21.2. The Balaban J connectivity index is 1.19. The van der Waals surface area contributed by atoms with Crippen LogP contribution in [0, 0.1) is 0 Å². The Labute approximate surface area is 384 Å². The lowest BCUT2D eigenvalue weighted by molar-refractivity contribution is 0.591. The molecule has 0 nitrogen and oxygen atoms in total. The van der Waals surface area contributed by atoms with E-state index in [1.807, 2.05) is 0 Å². The van der Waals surface area contributed by atoms with Gasteiger partial charge in [0.1, 0.15) is 0 Å². The van der Waals surface area contributed by atoms with Crippen LogP contribution in [-0.2, 0) is 10.8 Å². The first-order valence-electron chi connectivity index (χ1n) is 23.7. The monoisotopic (exact) mass is 840 g/mol. The van der Waals surface area contributed by atoms with Gasteiger partial charge >= 0.3 is 0 Å². The fourth-order valence-electron chi connectivity index (χ4n) is 12.3. The molecule has 0 unspecified atom stereocenters. The van der Waals surface area contributed by atoms with Gasteiger partial charge in [-0.1, -0.05) is 193 Å². The fourth-order valence-corrected chi connectivity index (χ4v) is 12.3. The minimum atomic E-state index is 0.0183. The summed E-state index contributed by atoms with van der Waals surface area (Å²) in [5.74, 6) is 0. The number of hydrogen-bond donors (Lipinski definition) is 0. The quantitative estimate of drug-likeness (QED) is 0.156. The molecule has 312 valence electrons. The van der Waals surface area contributed by atoms with Crippen LogP contribution in [0.2, 0.25) is 0 Å².